The van der Waals surface area contributed by atoms with Crippen molar-refractivity contribution in [1.29, 1.82) is 0 Å². The monoisotopic (exact) mass is 340 g/mol. The van der Waals surface area contributed by atoms with Crippen LogP contribution in [0.5, 0.6) is 0 Å². The van der Waals surface area contributed by atoms with Gasteiger partial charge in [-0.15, -0.1) is 11.3 Å². The number of sulfone groups is 1. The highest BCUT2D eigenvalue weighted by Crippen LogP contribution is 2.28. The molecule has 21 heavy (non-hydrogen) atoms. The van der Waals surface area contributed by atoms with E-state index in [1.807, 2.05) is 13.8 Å². The fraction of sp³-hybridized carbons (Fsp3) is 0.583. The van der Waals surface area contributed by atoms with Gasteiger partial charge in [0.1, 0.15) is 4.88 Å². The second-order valence-corrected chi connectivity index (χ2v) is 8.25. The van der Waals surface area contributed by atoms with Gasteiger partial charge in [0.05, 0.1) is 4.90 Å². The summed E-state index contributed by atoms with van der Waals surface area (Å²) in [5.74, 6) is -4.16. The zero-order valence-corrected chi connectivity index (χ0v) is 13.6. The fourth-order valence-electron chi connectivity index (χ4n) is 1.73. The molecule has 0 saturated carbocycles. The molecule has 0 atom stereocenters. The second-order valence-electron chi connectivity index (χ2n) is 5.45. The predicted molar refractivity (Wildman–Crippen MR) is 77.3 cm³/mol. The van der Waals surface area contributed by atoms with Gasteiger partial charge in [-0.05, 0) is 23.4 Å². The highest BCUT2D eigenvalue weighted by atomic mass is 32.2. The molecule has 1 aromatic rings. The maximum Gasteiger partial charge on any atom is 0.341 e. The van der Waals surface area contributed by atoms with Gasteiger partial charge in [0.15, 0.2) is 0 Å². The first-order valence-corrected chi connectivity index (χ1v) is 8.50. The van der Waals surface area contributed by atoms with Crippen molar-refractivity contribution in [3.8, 4) is 0 Å². The predicted octanol–water partition coefficient (Wildman–Crippen LogP) is 1.80. The molecular weight excluding hydrogens is 322 g/mol. The van der Waals surface area contributed by atoms with Gasteiger partial charge in [0.25, 0.3) is 5.91 Å². The van der Waals surface area contributed by atoms with E-state index in [9.17, 15) is 22.0 Å². The Balaban J connectivity index is 3.09. The minimum atomic E-state index is -4.79. The molecule has 0 aliphatic heterocycles. The van der Waals surface area contributed by atoms with E-state index < -0.39 is 26.4 Å². The lowest BCUT2D eigenvalue weighted by molar-refractivity contribution is 0.0742. The Morgan fingerprint density at radius 2 is 2.05 bits per heavy atom. The zero-order chi connectivity index (χ0) is 16.4. The summed E-state index contributed by atoms with van der Waals surface area (Å²) in [6.07, 6.45) is 0. The fourth-order valence-corrected chi connectivity index (χ4v) is 3.88. The van der Waals surface area contributed by atoms with Gasteiger partial charge in [-0.2, -0.15) is 8.78 Å². The van der Waals surface area contributed by atoms with E-state index in [-0.39, 0.29) is 16.8 Å². The third kappa shape index (κ3) is 3.98. The SMILES string of the molecule is CN(CC(C)(C)CN)C(=O)c1sccc1S(=O)(=O)C(F)F. The molecule has 0 saturated heterocycles. The number of rotatable bonds is 6. The van der Waals surface area contributed by atoms with E-state index in [4.69, 9.17) is 5.73 Å². The number of carbonyl (C=O) groups excluding carboxylic acids is 1. The maximum atomic E-state index is 12.6. The first kappa shape index (κ1) is 18.0. The number of nitrogens with zero attached hydrogens (tertiary/aromatic N) is 1. The van der Waals surface area contributed by atoms with Crippen LogP contribution in [0, 0.1) is 5.41 Å². The molecule has 0 bridgehead atoms. The molecule has 0 fully saturated rings. The summed E-state index contributed by atoms with van der Waals surface area (Å²) in [5.41, 5.74) is 5.22. The smallest absolute Gasteiger partial charge is 0.340 e. The standard InChI is InChI=1S/C12H18F2N2O3S2/c1-12(2,6-15)7-16(3)10(17)9-8(4-5-20-9)21(18,19)11(13)14/h4-5,11H,6-7,15H2,1-3H3. The highest BCUT2D eigenvalue weighted by molar-refractivity contribution is 7.92. The normalized spacial score (nSPS) is 12.7. The van der Waals surface area contributed by atoms with E-state index >= 15 is 0 Å². The van der Waals surface area contributed by atoms with Gasteiger partial charge in [-0.1, -0.05) is 13.8 Å². The molecular formula is C12H18F2N2O3S2. The van der Waals surface area contributed by atoms with Crippen LogP contribution in [0.15, 0.2) is 16.3 Å². The molecule has 1 aromatic heterocycles. The highest BCUT2D eigenvalue weighted by Gasteiger charge is 2.33. The molecule has 2 N–H and O–H groups in total. The van der Waals surface area contributed by atoms with Crippen molar-refractivity contribution in [2.75, 3.05) is 20.1 Å². The molecule has 0 radical (unpaired) electrons. The van der Waals surface area contributed by atoms with E-state index in [0.717, 1.165) is 17.4 Å². The molecule has 5 nitrogen and oxygen atoms in total. The Kier molecular flexibility index (Phi) is 5.46. The summed E-state index contributed by atoms with van der Waals surface area (Å²) in [7, 11) is -3.30. The van der Waals surface area contributed by atoms with Gasteiger partial charge in [0, 0.05) is 13.6 Å². The van der Waals surface area contributed by atoms with E-state index in [0.29, 0.717) is 6.54 Å². The van der Waals surface area contributed by atoms with Crippen LogP contribution in [0.3, 0.4) is 0 Å². The number of amides is 1. The lowest BCUT2D eigenvalue weighted by Gasteiger charge is -2.28. The van der Waals surface area contributed by atoms with Crippen molar-refractivity contribution in [2.24, 2.45) is 11.1 Å². The van der Waals surface area contributed by atoms with Gasteiger partial charge in [-0.3, -0.25) is 4.79 Å². The molecule has 1 rings (SSSR count). The van der Waals surface area contributed by atoms with Crippen molar-refractivity contribution >= 4 is 27.1 Å². The number of hydrogen-bond acceptors (Lipinski definition) is 5. The van der Waals surface area contributed by atoms with E-state index in [2.05, 4.69) is 0 Å². The first-order chi connectivity index (χ1) is 9.53. The van der Waals surface area contributed by atoms with E-state index in [1.54, 1.807) is 0 Å². The van der Waals surface area contributed by atoms with Crippen LogP contribution in [-0.4, -0.2) is 45.1 Å². The average Bonchev–Trinajstić information content (AvgIpc) is 2.86. The topological polar surface area (TPSA) is 80.5 Å². The molecule has 1 amide bonds. The summed E-state index contributed by atoms with van der Waals surface area (Å²) >= 11 is 0.829. The first-order valence-electron chi connectivity index (χ1n) is 6.08. The summed E-state index contributed by atoms with van der Waals surface area (Å²) in [4.78, 5) is 12.7. The number of thiophene rings is 1. The molecule has 0 aromatic carbocycles. The van der Waals surface area contributed by atoms with Gasteiger partial charge in [-0.25, -0.2) is 8.42 Å². The Morgan fingerprint density at radius 3 is 2.52 bits per heavy atom. The summed E-state index contributed by atoms with van der Waals surface area (Å²) in [6, 6.07) is 1.03. The number of halogens is 2. The van der Waals surface area contributed by atoms with Crippen molar-refractivity contribution in [2.45, 2.75) is 24.5 Å². The third-order valence-electron chi connectivity index (χ3n) is 2.93. The van der Waals surface area contributed by atoms with Crippen LogP contribution < -0.4 is 5.73 Å². The largest absolute Gasteiger partial charge is 0.341 e. The van der Waals surface area contributed by atoms with Crippen LogP contribution in [0.4, 0.5) is 8.78 Å². The lowest BCUT2D eigenvalue weighted by Crippen LogP contribution is -2.39. The number of alkyl halides is 2. The van der Waals surface area contributed by atoms with Crippen molar-refractivity contribution in [3.63, 3.8) is 0 Å². The number of carbonyl (C=O) groups is 1. The Morgan fingerprint density at radius 1 is 1.48 bits per heavy atom. The van der Waals surface area contributed by atoms with E-state index in [1.165, 1.54) is 17.3 Å². The summed E-state index contributed by atoms with van der Waals surface area (Å²) in [5, 5.41) is 1.31. The average molecular weight is 340 g/mol. The quantitative estimate of drug-likeness (QED) is 0.856. The van der Waals surface area contributed by atoms with Gasteiger partial charge in [0.2, 0.25) is 9.84 Å². The molecule has 0 spiro atoms. The van der Waals surface area contributed by atoms with Crippen molar-refractivity contribution in [3.05, 3.63) is 16.3 Å². The van der Waals surface area contributed by atoms with Crippen LogP contribution in [0.2, 0.25) is 0 Å². The van der Waals surface area contributed by atoms with Crippen LogP contribution in [0.25, 0.3) is 0 Å². The minimum Gasteiger partial charge on any atom is -0.340 e. The van der Waals surface area contributed by atoms with Crippen molar-refractivity contribution < 1.29 is 22.0 Å². The Labute approximate surface area is 126 Å². The lowest BCUT2D eigenvalue weighted by atomic mass is 9.93. The summed E-state index contributed by atoms with van der Waals surface area (Å²) in [6.45, 7) is 4.32. The van der Waals surface area contributed by atoms with Crippen LogP contribution in [-0.2, 0) is 9.84 Å². The molecule has 0 aliphatic carbocycles. The Bertz CT molecular complexity index is 612. The molecule has 1 heterocycles. The number of hydrogen-bond donors (Lipinski definition) is 1. The maximum absolute atomic E-state index is 12.6. The molecule has 0 aliphatic rings. The Hall–Kier alpha value is -1.06. The minimum absolute atomic E-state index is 0.203. The number of nitrogens with two attached hydrogens (primary N) is 1. The summed E-state index contributed by atoms with van der Waals surface area (Å²) < 4.78 is 48.3. The zero-order valence-electron chi connectivity index (χ0n) is 12.0. The molecule has 120 valence electrons. The molecule has 9 heteroatoms. The van der Waals surface area contributed by atoms with Crippen LogP contribution in [0.1, 0.15) is 23.5 Å². The molecule has 0 unspecified atom stereocenters. The van der Waals surface area contributed by atoms with Gasteiger partial charge >= 0.3 is 5.76 Å². The van der Waals surface area contributed by atoms with Crippen LogP contribution >= 0.6 is 11.3 Å². The van der Waals surface area contributed by atoms with Crippen molar-refractivity contribution in [1.82, 2.24) is 4.90 Å². The third-order valence-corrected chi connectivity index (χ3v) is 5.38. The second kappa shape index (κ2) is 6.37. The van der Waals surface area contributed by atoms with Gasteiger partial charge < -0.3 is 10.6 Å².